The zero-order chi connectivity index (χ0) is 12.3. The van der Waals surface area contributed by atoms with Gasteiger partial charge in [0, 0.05) is 5.56 Å². The summed E-state index contributed by atoms with van der Waals surface area (Å²) in [5.41, 5.74) is 9.33. The summed E-state index contributed by atoms with van der Waals surface area (Å²) in [5, 5.41) is 0. The molecule has 1 rings (SSSR count). The first-order valence-corrected chi connectivity index (χ1v) is 5.48. The smallest absolute Gasteiger partial charge is 0.164 e. The van der Waals surface area contributed by atoms with Crippen LogP contribution in [0.25, 0.3) is 0 Å². The van der Waals surface area contributed by atoms with Crippen LogP contribution in [-0.4, -0.2) is 20.8 Å². The molecule has 3 nitrogen and oxygen atoms in total. The fourth-order valence-corrected chi connectivity index (χ4v) is 1.96. The Kier molecular flexibility index (Phi) is 4.19. The van der Waals surface area contributed by atoms with Gasteiger partial charge in [0.15, 0.2) is 11.5 Å². The maximum atomic E-state index is 5.74. The highest BCUT2D eigenvalue weighted by molar-refractivity contribution is 5.55. The second-order valence-electron chi connectivity index (χ2n) is 4.10. The summed E-state index contributed by atoms with van der Waals surface area (Å²) in [5.74, 6) is 1.85. The number of methoxy groups -OCH3 is 2. The minimum absolute atomic E-state index is 0.267. The number of aryl methyl sites for hydroxylation is 1. The Hall–Kier alpha value is -1.22. The van der Waals surface area contributed by atoms with E-state index in [0.717, 1.165) is 17.1 Å². The molecule has 1 aromatic carbocycles. The van der Waals surface area contributed by atoms with E-state index in [4.69, 9.17) is 15.2 Å². The van der Waals surface area contributed by atoms with E-state index < -0.39 is 0 Å². The Morgan fingerprint density at radius 3 is 2.31 bits per heavy atom. The van der Waals surface area contributed by atoms with E-state index in [1.54, 1.807) is 14.2 Å². The van der Waals surface area contributed by atoms with Crippen molar-refractivity contribution < 1.29 is 9.47 Å². The van der Waals surface area contributed by atoms with E-state index in [-0.39, 0.29) is 5.92 Å². The fourth-order valence-electron chi connectivity index (χ4n) is 1.96. The average Bonchev–Trinajstić information content (AvgIpc) is 2.30. The summed E-state index contributed by atoms with van der Waals surface area (Å²) in [4.78, 5) is 0. The van der Waals surface area contributed by atoms with Gasteiger partial charge in [-0.05, 0) is 43.5 Å². The van der Waals surface area contributed by atoms with Crippen molar-refractivity contribution in [2.75, 3.05) is 20.8 Å². The Morgan fingerprint density at radius 1 is 1.25 bits per heavy atom. The first-order chi connectivity index (χ1) is 7.56. The molecular weight excluding hydrogens is 202 g/mol. The summed E-state index contributed by atoms with van der Waals surface area (Å²) in [6, 6.07) is 2.00. The summed E-state index contributed by atoms with van der Waals surface area (Å²) in [6.07, 6.45) is 0. The van der Waals surface area contributed by atoms with Crippen molar-refractivity contribution in [2.24, 2.45) is 5.73 Å². The molecule has 0 fully saturated rings. The molecule has 2 N–H and O–H groups in total. The standard InChI is InChI=1S/C13H21NO2/c1-8-6-11(15-4)13(16-5)12(10(8)3)9(2)7-14/h6,9H,7,14H2,1-5H3. The van der Waals surface area contributed by atoms with Crippen LogP contribution in [0.3, 0.4) is 0 Å². The van der Waals surface area contributed by atoms with E-state index in [2.05, 4.69) is 20.8 Å². The summed E-state index contributed by atoms with van der Waals surface area (Å²) < 4.78 is 10.8. The van der Waals surface area contributed by atoms with Crippen molar-refractivity contribution in [2.45, 2.75) is 26.7 Å². The monoisotopic (exact) mass is 223 g/mol. The third kappa shape index (κ3) is 2.14. The minimum Gasteiger partial charge on any atom is -0.493 e. The van der Waals surface area contributed by atoms with Gasteiger partial charge in [0.2, 0.25) is 0 Å². The van der Waals surface area contributed by atoms with Crippen LogP contribution in [0.4, 0.5) is 0 Å². The largest absolute Gasteiger partial charge is 0.493 e. The van der Waals surface area contributed by atoms with Crippen molar-refractivity contribution in [3.8, 4) is 11.5 Å². The molecule has 0 bridgehead atoms. The molecule has 0 aliphatic carbocycles. The lowest BCUT2D eigenvalue weighted by molar-refractivity contribution is 0.349. The van der Waals surface area contributed by atoms with Gasteiger partial charge in [-0.1, -0.05) is 6.92 Å². The lowest BCUT2D eigenvalue weighted by Crippen LogP contribution is -2.12. The molecule has 0 amide bonds. The van der Waals surface area contributed by atoms with E-state index in [1.165, 1.54) is 11.1 Å². The zero-order valence-electron chi connectivity index (χ0n) is 10.8. The topological polar surface area (TPSA) is 44.5 Å². The van der Waals surface area contributed by atoms with Gasteiger partial charge in [0.25, 0.3) is 0 Å². The molecule has 1 atom stereocenters. The van der Waals surface area contributed by atoms with Crippen molar-refractivity contribution in [3.05, 3.63) is 22.8 Å². The minimum atomic E-state index is 0.267. The van der Waals surface area contributed by atoms with Crippen LogP contribution in [0.1, 0.15) is 29.5 Å². The van der Waals surface area contributed by atoms with Crippen LogP contribution in [-0.2, 0) is 0 Å². The molecule has 90 valence electrons. The first-order valence-electron chi connectivity index (χ1n) is 5.48. The Morgan fingerprint density at radius 2 is 1.88 bits per heavy atom. The molecule has 3 heteroatoms. The second kappa shape index (κ2) is 5.21. The summed E-state index contributed by atoms with van der Waals surface area (Å²) in [6.45, 7) is 6.87. The van der Waals surface area contributed by atoms with Crippen LogP contribution < -0.4 is 15.2 Å². The van der Waals surface area contributed by atoms with Gasteiger partial charge in [-0.3, -0.25) is 0 Å². The normalized spacial score (nSPS) is 12.4. The lowest BCUT2D eigenvalue weighted by atomic mass is 9.92. The highest BCUT2D eigenvalue weighted by Gasteiger charge is 2.19. The number of ether oxygens (including phenoxy) is 2. The van der Waals surface area contributed by atoms with E-state index in [9.17, 15) is 0 Å². The number of rotatable bonds is 4. The van der Waals surface area contributed by atoms with Crippen LogP contribution in [0, 0.1) is 13.8 Å². The quantitative estimate of drug-likeness (QED) is 0.852. The van der Waals surface area contributed by atoms with Crippen molar-refractivity contribution >= 4 is 0 Å². The third-order valence-electron chi connectivity index (χ3n) is 3.08. The maximum Gasteiger partial charge on any atom is 0.164 e. The predicted octanol–water partition coefficient (Wildman–Crippen LogP) is 2.38. The van der Waals surface area contributed by atoms with Crippen LogP contribution in [0.2, 0.25) is 0 Å². The van der Waals surface area contributed by atoms with Crippen molar-refractivity contribution in [1.82, 2.24) is 0 Å². The van der Waals surface area contributed by atoms with Gasteiger partial charge in [-0.2, -0.15) is 0 Å². The Balaban J connectivity index is 3.46. The highest BCUT2D eigenvalue weighted by atomic mass is 16.5. The molecule has 0 aromatic heterocycles. The molecule has 16 heavy (non-hydrogen) atoms. The number of hydrogen-bond donors (Lipinski definition) is 1. The average molecular weight is 223 g/mol. The summed E-state index contributed by atoms with van der Waals surface area (Å²) in [7, 11) is 3.32. The fraction of sp³-hybridized carbons (Fsp3) is 0.538. The predicted molar refractivity (Wildman–Crippen MR) is 66.5 cm³/mol. The first kappa shape index (κ1) is 12.8. The SMILES string of the molecule is COc1cc(C)c(C)c(C(C)CN)c1OC. The molecule has 1 unspecified atom stereocenters. The summed E-state index contributed by atoms with van der Waals surface area (Å²) >= 11 is 0. The molecule has 1 aromatic rings. The molecule has 0 spiro atoms. The van der Waals surface area contributed by atoms with Gasteiger partial charge in [0.05, 0.1) is 14.2 Å². The van der Waals surface area contributed by atoms with Crippen LogP contribution >= 0.6 is 0 Å². The molecule has 0 aliphatic heterocycles. The molecule has 0 saturated heterocycles. The molecule has 0 radical (unpaired) electrons. The van der Waals surface area contributed by atoms with Gasteiger partial charge in [-0.25, -0.2) is 0 Å². The molecule has 0 heterocycles. The van der Waals surface area contributed by atoms with Crippen molar-refractivity contribution in [1.29, 1.82) is 0 Å². The third-order valence-corrected chi connectivity index (χ3v) is 3.08. The van der Waals surface area contributed by atoms with Crippen LogP contribution in [0.15, 0.2) is 6.07 Å². The van der Waals surface area contributed by atoms with E-state index >= 15 is 0 Å². The lowest BCUT2D eigenvalue weighted by Gasteiger charge is -2.21. The molecule has 0 saturated carbocycles. The maximum absolute atomic E-state index is 5.74. The molecular formula is C13H21NO2. The van der Waals surface area contributed by atoms with Gasteiger partial charge in [-0.15, -0.1) is 0 Å². The van der Waals surface area contributed by atoms with E-state index in [0.29, 0.717) is 6.54 Å². The zero-order valence-corrected chi connectivity index (χ0v) is 10.8. The molecule has 0 aliphatic rings. The number of hydrogen-bond acceptors (Lipinski definition) is 3. The second-order valence-corrected chi connectivity index (χ2v) is 4.10. The number of nitrogens with two attached hydrogens (primary N) is 1. The van der Waals surface area contributed by atoms with Gasteiger partial charge in [0.1, 0.15) is 0 Å². The highest BCUT2D eigenvalue weighted by Crippen LogP contribution is 2.39. The van der Waals surface area contributed by atoms with Gasteiger partial charge >= 0.3 is 0 Å². The van der Waals surface area contributed by atoms with E-state index in [1.807, 2.05) is 6.07 Å². The Labute approximate surface area is 97.6 Å². The van der Waals surface area contributed by atoms with Crippen molar-refractivity contribution in [3.63, 3.8) is 0 Å². The number of benzene rings is 1. The van der Waals surface area contributed by atoms with Gasteiger partial charge < -0.3 is 15.2 Å². The van der Waals surface area contributed by atoms with Crippen LogP contribution in [0.5, 0.6) is 11.5 Å². The Bertz CT molecular complexity index is 375.